The lowest BCUT2D eigenvalue weighted by Crippen LogP contribution is -2.41. The summed E-state index contributed by atoms with van der Waals surface area (Å²) in [6.07, 6.45) is 2.50. The van der Waals surface area contributed by atoms with Gasteiger partial charge in [0.15, 0.2) is 12.1 Å². The number of piperidine rings is 1. The topological polar surface area (TPSA) is 72.9 Å². The van der Waals surface area contributed by atoms with Crippen molar-refractivity contribution in [2.24, 2.45) is 5.92 Å². The molecule has 0 saturated carbocycles. The van der Waals surface area contributed by atoms with Gasteiger partial charge in [0.05, 0.1) is 18.1 Å². The molecule has 7 heteroatoms. The number of rotatable bonds is 8. The van der Waals surface area contributed by atoms with Gasteiger partial charge in [-0.3, -0.25) is 14.4 Å². The van der Waals surface area contributed by atoms with Gasteiger partial charge in [-0.05, 0) is 31.9 Å². The number of aryl methyl sites for hydroxylation is 1. The Hall–Kier alpha value is -1.57. The van der Waals surface area contributed by atoms with E-state index in [0.717, 1.165) is 17.7 Å². The molecule has 0 unspecified atom stereocenters. The Morgan fingerprint density at radius 3 is 2.33 bits per heavy atom. The Morgan fingerprint density at radius 1 is 1.04 bits per heavy atom. The van der Waals surface area contributed by atoms with Crippen molar-refractivity contribution in [3.63, 3.8) is 0 Å². The lowest BCUT2D eigenvalue weighted by Gasteiger charge is -2.33. The lowest BCUT2D eigenvalue weighted by molar-refractivity contribution is -0.138. The van der Waals surface area contributed by atoms with Crippen molar-refractivity contribution in [3.8, 4) is 0 Å². The largest absolute Gasteiger partial charge is 0.350 e. The highest BCUT2D eigenvalue weighted by molar-refractivity contribution is 7.14. The van der Waals surface area contributed by atoms with Crippen molar-refractivity contribution in [3.05, 3.63) is 21.9 Å². The minimum absolute atomic E-state index is 0.00574. The van der Waals surface area contributed by atoms with Gasteiger partial charge in [-0.25, -0.2) is 0 Å². The van der Waals surface area contributed by atoms with E-state index < -0.39 is 0 Å². The van der Waals surface area contributed by atoms with Crippen molar-refractivity contribution in [1.82, 2.24) is 4.90 Å². The highest BCUT2D eigenvalue weighted by Gasteiger charge is 2.31. The number of Topliss-reactive ketones (excluding diaryl/α,β-unsaturated/α-hetero) is 2. The maximum atomic E-state index is 12.3. The number of ketones is 2. The molecule has 2 aliphatic rings. The Balaban J connectivity index is 1.33. The van der Waals surface area contributed by atoms with E-state index in [1.807, 2.05) is 24.0 Å². The first-order valence-corrected chi connectivity index (χ1v) is 10.5. The van der Waals surface area contributed by atoms with Crippen LogP contribution < -0.4 is 0 Å². The van der Waals surface area contributed by atoms with Gasteiger partial charge in [-0.15, -0.1) is 11.3 Å². The monoisotopic (exact) mass is 393 g/mol. The first kappa shape index (κ1) is 20.2. The maximum Gasteiger partial charge on any atom is 0.223 e. The van der Waals surface area contributed by atoms with Crippen LogP contribution in [0.15, 0.2) is 12.1 Å². The molecule has 1 aromatic heterocycles. The molecular formula is C20H27NO5S. The molecule has 2 fully saturated rings. The molecule has 27 heavy (non-hydrogen) atoms. The molecule has 3 rings (SSSR count). The van der Waals surface area contributed by atoms with Gasteiger partial charge in [0.25, 0.3) is 0 Å². The summed E-state index contributed by atoms with van der Waals surface area (Å²) in [5.41, 5.74) is 0. The molecule has 0 aromatic carbocycles. The van der Waals surface area contributed by atoms with Crippen LogP contribution in [0.5, 0.6) is 0 Å². The van der Waals surface area contributed by atoms with Crippen LogP contribution in [0.4, 0.5) is 0 Å². The number of amides is 1. The average Bonchev–Trinajstić information content (AvgIpc) is 3.36. The standard InChI is InChI=1S/C20H27NO5S/c1-14-2-6-18(27-14)17(23)5-3-16(22)4-7-19(24)21-10-8-15(9-11-21)20-25-12-13-26-20/h2,6,15,20H,3-5,7-13H2,1H3. The Kier molecular flexibility index (Phi) is 7.15. The van der Waals surface area contributed by atoms with E-state index >= 15 is 0 Å². The van der Waals surface area contributed by atoms with Gasteiger partial charge in [0.2, 0.25) is 5.91 Å². The number of carbonyl (C=O) groups excluding carboxylic acids is 3. The molecule has 0 N–H and O–H groups in total. The molecule has 1 aromatic rings. The molecule has 0 radical (unpaired) electrons. The summed E-state index contributed by atoms with van der Waals surface area (Å²) < 4.78 is 11.1. The van der Waals surface area contributed by atoms with Crippen molar-refractivity contribution < 1.29 is 23.9 Å². The summed E-state index contributed by atoms with van der Waals surface area (Å²) in [7, 11) is 0. The normalized spacial score (nSPS) is 18.8. The minimum atomic E-state index is -0.117. The Morgan fingerprint density at radius 2 is 1.70 bits per heavy atom. The third kappa shape index (κ3) is 5.70. The van der Waals surface area contributed by atoms with Crippen LogP contribution in [-0.2, 0) is 19.1 Å². The summed E-state index contributed by atoms with van der Waals surface area (Å²) in [5.74, 6) is 0.360. The molecule has 0 atom stereocenters. The molecule has 1 amide bonds. The molecule has 0 bridgehead atoms. The van der Waals surface area contributed by atoms with E-state index in [0.29, 0.717) is 37.1 Å². The number of likely N-dealkylation sites (tertiary alicyclic amines) is 1. The van der Waals surface area contributed by atoms with Crippen LogP contribution in [0.1, 0.15) is 53.1 Å². The van der Waals surface area contributed by atoms with E-state index in [1.165, 1.54) is 11.3 Å². The number of ether oxygens (including phenoxy) is 2. The second-order valence-electron chi connectivity index (χ2n) is 7.20. The predicted molar refractivity (Wildman–Crippen MR) is 102 cm³/mol. The quantitative estimate of drug-likeness (QED) is 0.635. The highest BCUT2D eigenvalue weighted by atomic mass is 32.1. The summed E-state index contributed by atoms with van der Waals surface area (Å²) in [5, 5.41) is 0. The van der Waals surface area contributed by atoms with E-state index in [-0.39, 0.29) is 49.4 Å². The fraction of sp³-hybridized carbons (Fsp3) is 0.650. The Bertz CT molecular complexity index is 672. The summed E-state index contributed by atoms with van der Waals surface area (Å²) >= 11 is 1.45. The van der Waals surface area contributed by atoms with Crippen LogP contribution in [0.3, 0.4) is 0 Å². The second kappa shape index (κ2) is 9.57. The summed E-state index contributed by atoms with van der Waals surface area (Å²) in [6, 6.07) is 3.72. The van der Waals surface area contributed by atoms with Gasteiger partial charge < -0.3 is 14.4 Å². The average molecular weight is 394 g/mol. The molecular weight excluding hydrogens is 366 g/mol. The third-order valence-electron chi connectivity index (χ3n) is 5.19. The van der Waals surface area contributed by atoms with Crippen molar-refractivity contribution >= 4 is 28.8 Å². The summed E-state index contributed by atoms with van der Waals surface area (Å²) in [4.78, 5) is 40.1. The van der Waals surface area contributed by atoms with E-state index in [1.54, 1.807) is 0 Å². The zero-order valence-electron chi connectivity index (χ0n) is 15.8. The lowest BCUT2D eigenvalue weighted by atomic mass is 9.95. The second-order valence-corrected chi connectivity index (χ2v) is 8.49. The van der Waals surface area contributed by atoms with Gasteiger partial charge in [0, 0.05) is 49.6 Å². The fourth-order valence-corrected chi connectivity index (χ4v) is 4.39. The van der Waals surface area contributed by atoms with Gasteiger partial charge >= 0.3 is 0 Å². The number of nitrogens with zero attached hydrogens (tertiary/aromatic N) is 1. The molecule has 2 saturated heterocycles. The zero-order chi connectivity index (χ0) is 19.2. The zero-order valence-corrected chi connectivity index (χ0v) is 16.6. The van der Waals surface area contributed by atoms with Gasteiger partial charge in [0.1, 0.15) is 5.78 Å². The number of hydrogen-bond acceptors (Lipinski definition) is 6. The number of thiophene rings is 1. The number of carbonyl (C=O) groups is 3. The first-order valence-electron chi connectivity index (χ1n) is 9.65. The van der Waals surface area contributed by atoms with Crippen LogP contribution >= 0.6 is 11.3 Å². The molecule has 148 valence electrons. The van der Waals surface area contributed by atoms with E-state index in [2.05, 4.69) is 0 Å². The first-order chi connectivity index (χ1) is 13.0. The molecule has 3 heterocycles. The molecule has 2 aliphatic heterocycles. The fourth-order valence-electron chi connectivity index (χ4n) is 3.56. The van der Waals surface area contributed by atoms with Crippen molar-refractivity contribution in [2.45, 2.75) is 51.7 Å². The predicted octanol–water partition coefficient (Wildman–Crippen LogP) is 2.98. The third-order valence-corrected chi connectivity index (χ3v) is 6.23. The van der Waals surface area contributed by atoms with E-state index in [9.17, 15) is 14.4 Å². The van der Waals surface area contributed by atoms with Crippen LogP contribution in [-0.4, -0.2) is 55.0 Å². The van der Waals surface area contributed by atoms with Crippen LogP contribution in [0.25, 0.3) is 0 Å². The van der Waals surface area contributed by atoms with Crippen molar-refractivity contribution in [1.29, 1.82) is 0 Å². The minimum Gasteiger partial charge on any atom is -0.350 e. The smallest absolute Gasteiger partial charge is 0.223 e. The van der Waals surface area contributed by atoms with Crippen LogP contribution in [0.2, 0.25) is 0 Å². The van der Waals surface area contributed by atoms with Crippen LogP contribution in [0, 0.1) is 12.8 Å². The SMILES string of the molecule is Cc1ccc(C(=O)CCC(=O)CCC(=O)N2CCC(C3OCCO3)CC2)s1. The Labute approximate surface area is 163 Å². The molecule has 6 nitrogen and oxygen atoms in total. The summed E-state index contributed by atoms with van der Waals surface area (Å²) in [6.45, 7) is 4.64. The maximum absolute atomic E-state index is 12.3. The van der Waals surface area contributed by atoms with Crippen molar-refractivity contribution in [2.75, 3.05) is 26.3 Å². The van der Waals surface area contributed by atoms with Gasteiger partial charge in [-0.1, -0.05) is 0 Å². The molecule has 0 spiro atoms. The number of hydrogen-bond donors (Lipinski definition) is 0. The van der Waals surface area contributed by atoms with E-state index in [4.69, 9.17) is 9.47 Å². The molecule has 0 aliphatic carbocycles. The van der Waals surface area contributed by atoms with Gasteiger partial charge in [-0.2, -0.15) is 0 Å². The highest BCUT2D eigenvalue weighted by Crippen LogP contribution is 2.26.